The van der Waals surface area contributed by atoms with E-state index in [0.29, 0.717) is 23.5 Å². The molecule has 4 heterocycles. The van der Waals surface area contributed by atoms with Crippen molar-refractivity contribution in [2.75, 3.05) is 6.54 Å². The van der Waals surface area contributed by atoms with Crippen molar-refractivity contribution in [3.63, 3.8) is 0 Å². The van der Waals surface area contributed by atoms with Gasteiger partial charge < -0.3 is 5.32 Å². The van der Waals surface area contributed by atoms with Gasteiger partial charge in [-0.15, -0.1) is 0 Å². The van der Waals surface area contributed by atoms with Crippen LogP contribution in [0.15, 0.2) is 36.8 Å². The highest BCUT2D eigenvalue weighted by Gasteiger charge is 2.43. The highest BCUT2D eigenvalue weighted by atomic mass is 19.4. The summed E-state index contributed by atoms with van der Waals surface area (Å²) in [7, 11) is 0. The van der Waals surface area contributed by atoms with Crippen molar-refractivity contribution in [1.29, 1.82) is 0 Å². The number of rotatable bonds is 3. The highest BCUT2D eigenvalue weighted by molar-refractivity contribution is 6.00. The molecule has 3 aromatic rings. The van der Waals surface area contributed by atoms with Crippen LogP contribution in [-0.2, 0) is 11.0 Å². The van der Waals surface area contributed by atoms with E-state index in [-0.39, 0.29) is 18.4 Å². The lowest BCUT2D eigenvalue weighted by atomic mass is 9.99. The fourth-order valence-corrected chi connectivity index (χ4v) is 3.83. The quantitative estimate of drug-likeness (QED) is 0.683. The second-order valence-electron chi connectivity index (χ2n) is 7.39. The molecule has 3 aromatic heterocycles. The van der Waals surface area contributed by atoms with Gasteiger partial charge in [0, 0.05) is 42.3 Å². The number of aromatic nitrogens is 4. The van der Waals surface area contributed by atoms with Crippen LogP contribution in [0.2, 0.25) is 0 Å². The van der Waals surface area contributed by atoms with E-state index in [1.54, 1.807) is 23.0 Å². The molecule has 0 bridgehead atoms. The largest absolute Gasteiger partial charge is 0.417 e. The maximum atomic E-state index is 12.8. The third-order valence-corrected chi connectivity index (χ3v) is 5.47. The Morgan fingerprint density at radius 1 is 1.10 bits per heavy atom. The van der Waals surface area contributed by atoms with Crippen LogP contribution in [0.3, 0.4) is 0 Å². The molecule has 8 nitrogen and oxygen atoms in total. The summed E-state index contributed by atoms with van der Waals surface area (Å²) in [5.41, 5.74) is 1.76. The first-order chi connectivity index (χ1) is 14.3. The molecule has 0 radical (unpaired) electrons. The van der Waals surface area contributed by atoms with Gasteiger partial charge in [-0.05, 0) is 30.5 Å². The summed E-state index contributed by atoms with van der Waals surface area (Å²) in [6.45, 7) is 0.131. The number of carbonyl (C=O) groups excluding carboxylic acids is 2. The molecule has 5 rings (SSSR count). The van der Waals surface area contributed by atoms with Gasteiger partial charge in [-0.3, -0.25) is 15.1 Å². The lowest BCUT2D eigenvalue weighted by Crippen LogP contribution is -2.51. The van der Waals surface area contributed by atoms with Crippen molar-refractivity contribution >= 4 is 17.6 Å². The van der Waals surface area contributed by atoms with E-state index in [0.717, 1.165) is 17.8 Å². The number of hydrogen-bond donors (Lipinski definition) is 2. The Kier molecular flexibility index (Phi) is 4.02. The van der Waals surface area contributed by atoms with Gasteiger partial charge in [-0.2, -0.15) is 18.3 Å². The minimum absolute atomic E-state index is 0.00197. The molecule has 0 aromatic carbocycles. The summed E-state index contributed by atoms with van der Waals surface area (Å²) in [6.07, 6.45) is 0.384. The molecule has 1 aliphatic heterocycles. The lowest BCUT2D eigenvalue weighted by molar-refractivity contribution is -0.137. The first kappa shape index (κ1) is 18.5. The van der Waals surface area contributed by atoms with Crippen LogP contribution >= 0.6 is 0 Å². The van der Waals surface area contributed by atoms with Gasteiger partial charge in [-0.25, -0.2) is 14.3 Å². The molecule has 11 heteroatoms. The number of nitrogens with zero attached hydrogens (tertiary/aromatic N) is 4. The molecule has 2 fully saturated rings. The average molecular weight is 416 g/mol. The molecular formula is C19H15F3N6O2. The molecule has 2 N–H and O–H groups in total. The van der Waals surface area contributed by atoms with Crippen LogP contribution in [0, 0.1) is 0 Å². The number of hydrogen-bond acceptors (Lipinski definition) is 5. The van der Waals surface area contributed by atoms with E-state index < -0.39 is 29.6 Å². The molecule has 30 heavy (non-hydrogen) atoms. The van der Waals surface area contributed by atoms with Gasteiger partial charge in [0.15, 0.2) is 5.65 Å². The molecule has 2 aliphatic rings. The topological polar surface area (TPSA) is 101 Å². The summed E-state index contributed by atoms with van der Waals surface area (Å²) in [5.74, 6) is -1.12. The number of fused-ring (bicyclic) bond motifs is 1. The Hall–Kier alpha value is -3.50. The van der Waals surface area contributed by atoms with Crippen molar-refractivity contribution < 1.29 is 22.8 Å². The average Bonchev–Trinajstić information content (AvgIpc) is 3.35. The number of imidazole rings is 1. The third kappa shape index (κ3) is 3.15. The second-order valence-corrected chi connectivity index (χ2v) is 7.39. The maximum Gasteiger partial charge on any atom is 0.417 e. The van der Waals surface area contributed by atoms with Crippen molar-refractivity contribution in [2.24, 2.45) is 0 Å². The zero-order chi connectivity index (χ0) is 21.0. The van der Waals surface area contributed by atoms with Crippen molar-refractivity contribution in [3.05, 3.63) is 59.3 Å². The predicted molar refractivity (Wildman–Crippen MR) is 96.6 cm³/mol. The molecule has 1 saturated carbocycles. The van der Waals surface area contributed by atoms with E-state index in [9.17, 15) is 22.8 Å². The van der Waals surface area contributed by atoms with E-state index in [2.05, 4.69) is 25.7 Å². The summed E-state index contributed by atoms with van der Waals surface area (Å²) < 4.78 is 39.9. The minimum Gasteiger partial charge on any atom is -0.337 e. The lowest BCUT2D eigenvalue weighted by Gasteiger charge is -2.22. The van der Waals surface area contributed by atoms with Crippen molar-refractivity contribution in [3.8, 4) is 0 Å². The molecule has 3 atom stereocenters. The molecular weight excluding hydrogens is 401 g/mol. The Labute approximate surface area is 167 Å². The maximum absolute atomic E-state index is 12.8. The standard InChI is InChI=1S/C19H15F3N6O2/c20-19(21,22)9-1-2-14(24-7-9)11-5-10(11)12-6-15(27-28-4-3-23-16(12)28)13-8-25-18(30)26-17(13)29/h1-4,6-7,10-11,13H,5,8H2,(H2,25,26,29,30)/t10-,11-,13?/m1/s1. The summed E-state index contributed by atoms with van der Waals surface area (Å²) >= 11 is 0. The number of halogens is 3. The fourth-order valence-electron chi connectivity index (χ4n) is 3.83. The van der Waals surface area contributed by atoms with Crippen LogP contribution in [0.4, 0.5) is 18.0 Å². The van der Waals surface area contributed by atoms with E-state index in [4.69, 9.17) is 0 Å². The van der Waals surface area contributed by atoms with Crippen molar-refractivity contribution in [2.45, 2.75) is 30.4 Å². The fraction of sp³-hybridized carbons (Fsp3) is 0.316. The molecule has 3 amide bonds. The van der Waals surface area contributed by atoms with Gasteiger partial charge >= 0.3 is 12.2 Å². The Balaban J connectivity index is 1.46. The smallest absolute Gasteiger partial charge is 0.337 e. The third-order valence-electron chi connectivity index (χ3n) is 5.47. The van der Waals surface area contributed by atoms with Crippen LogP contribution in [-0.4, -0.2) is 38.1 Å². The van der Waals surface area contributed by atoms with E-state index in [1.807, 2.05) is 0 Å². The Bertz CT molecular complexity index is 1160. The number of nitrogens with one attached hydrogen (secondary N) is 2. The Morgan fingerprint density at radius 3 is 2.63 bits per heavy atom. The summed E-state index contributed by atoms with van der Waals surface area (Å²) in [5, 5.41) is 9.25. The van der Waals surface area contributed by atoms with E-state index in [1.165, 1.54) is 6.07 Å². The minimum atomic E-state index is -4.42. The number of pyridine rings is 1. The molecule has 1 saturated heterocycles. The normalized spacial score (nSPS) is 23.9. The van der Waals surface area contributed by atoms with Gasteiger partial charge in [0.1, 0.15) is 0 Å². The van der Waals surface area contributed by atoms with Crippen molar-refractivity contribution in [1.82, 2.24) is 30.2 Å². The summed E-state index contributed by atoms with van der Waals surface area (Å²) in [6, 6.07) is 3.69. The van der Waals surface area contributed by atoms with Gasteiger partial charge in [0.05, 0.1) is 17.2 Å². The zero-order valence-electron chi connectivity index (χ0n) is 15.3. The zero-order valence-corrected chi connectivity index (χ0v) is 15.3. The molecule has 1 unspecified atom stereocenters. The highest BCUT2D eigenvalue weighted by Crippen LogP contribution is 2.55. The van der Waals surface area contributed by atoms with Crippen LogP contribution in [0.25, 0.3) is 5.65 Å². The van der Waals surface area contributed by atoms with Gasteiger partial charge in [0.25, 0.3) is 0 Å². The first-order valence-electron chi connectivity index (χ1n) is 9.27. The molecule has 0 spiro atoms. The second kappa shape index (κ2) is 6.51. The SMILES string of the molecule is O=C1NCC(c2cc([C@@H]3C[C@H]3c3ccc(C(F)(F)F)cn3)c3nccn3n2)C(=O)N1. The number of carbonyl (C=O) groups is 2. The first-order valence-corrected chi connectivity index (χ1v) is 9.27. The van der Waals surface area contributed by atoms with Gasteiger partial charge in [-0.1, -0.05) is 0 Å². The van der Waals surface area contributed by atoms with Crippen LogP contribution < -0.4 is 10.6 Å². The number of alkyl halides is 3. The van der Waals surface area contributed by atoms with Crippen LogP contribution in [0.5, 0.6) is 0 Å². The van der Waals surface area contributed by atoms with E-state index >= 15 is 0 Å². The monoisotopic (exact) mass is 416 g/mol. The predicted octanol–water partition coefficient (Wildman–Crippen LogP) is 2.34. The Morgan fingerprint density at radius 2 is 1.93 bits per heavy atom. The summed E-state index contributed by atoms with van der Waals surface area (Å²) in [4.78, 5) is 31.9. The number of urea groups is 1. The number of imide groups is 1. The molecule has 1 aliphatic carbocycles. The van der Waals surface area contributed by atoms with Crippen LogP contribution in [0.1, 0.15) is 46.7 Å². The number of amides is 3. The van der Waals surface area contributed by atoms with Gasteiger partial charge in [0.2, 0.25) is 5.91 Å². The molecule has 154 valence electrons.